The molecule has 1 heterocycles. The number of hydrogen-bond donors (Lipinski definition) is 1. The molecular weight excluding hydrogens is 250 g/mol. The van der Waals surface area contributed by atoms with E-state index in [1.807, 2.05) is 18.8 Å². The van der Waals surface area contributed by atoms with E-state index >= 15 is 0 Å². The molecule has 0 aliphatic heterocycles. The van der Waals surface area contributed by atoms with Crippen molar-refractivity contribution < 1.29 is 5.11 Å². The maximum atomic E-state index is 9.97. The Kier molecular flexibility index (Phi) is 4.96. The van der Waals surface area contributed by atoms with Crippen molar-refractivity contribution in [3.05, 3.63) is 0 Å². The van der Waals surface area contributed by atoms with Crippen LogP contribution in [0.3, 0.4) is 0 Å². The maximum Gasteiger partial charge on any atom is 0.209 e. The molecule has 2 rings (SSSR count). The zero-order valence-electron chi connectivity index (χ0n) is 11.0. The Morgan fingerprint density at radius 1 is 1.39 bits per heavy atom. The Bertz CT molecular complexity index is 370. The second-order valence-corrected chi connectivity index (χ2v) is 6.20. The number of thioether (sulfide) groups is 1. The topological polar surface area (TPSA) is 67.1 Å². The van der Waals surface area contributed by atoms with Gasteiger partial charge in [0.25, 0.3) is 0 Å². The van der Waals surface area contributed by atoms with Crippen molar-refractivity contribution in [2.24, 2.45) is 0 Å². The summed E-state index contributed by atoms with van der Waals surface area (Å²) in [6, 6.07) is 0. The molecule has 18 heavy (non-hydrogen) atoms. The van der Waals surface area contributed by atoms with Gasteiger partial charge in [0.1, 0.15) is 0 Å². The van der Waals surface area contributed by atoms with Crippen LogP contribution in [0.15, 0.2) is 5.16 Å². The van der Waals surface area contributed by atoms with E-state index in [1.54, 1.807) is 11.8 Å². The molecule has 0 radical (unpaired) electrons. The van der Waals surface area contributed by atoms with E-state index in [2.05, 4.69) is 20.4 Å². The van der Waals surface area contributed by atoms with Gasteiger partial charge in [0.2, 0.25) is 5.16 Å². The Balaban J connectivity index is 1.94. The number of aliphatic hydroxyl groups excluding tert-OH is 1. The van der Waals surface area contributed by atoms with Crippen LogP contribution in [0.5, 0.6) is 0 Å². The molecule has 0 amide bonds. The van der Waals surface area contributed by atoms with Gasteiger partial charge in [-0.25, -0.2) is 4.68 Å². The average Bonchev–Trinajstić information content (AvgIpc) is 2.77. The predicted molar refractivity (Wildman–Crippen MR) is 70.5 cm³/mol. The molecular formula is C11H21N5OS. The molecule has 7 heteroatoms. The predicted octanol–water partition coefficient (Wildman–Crippen LogP) is 0.630. The molecule has 1 aromatic heterocycles. The Morgan fingerprint density at radius 3 is 2.89 bits per heavy atom. The summed E-state index contributed by atoms with van der Waals surface area (Å²) in [6.45, 7) is 1.69. The fourth-order valence-corrected chi connectivity index (χ4v) is 3.25. The molecule has 1 saturated carbocycles. The van der Waals surface area contributed by atoms with Crippen LogP contribution in [0.25, 0.3) is 0 Å². The fraction of sp³-hybridized carbons (Fsp3) is 0.909. The van der Waals surface area contributed by atoms with Crippen molar-refractivity contribution in [3.63, 3.8) is 0 Å². The van der Waals surface area contributed by atoms with Crippen LogP contribution in [-0.2, 0) is 6.54 Å². The summed E-state index contributed by atoms with van der Waals surface area (Å²) in [5, 5.41) is 22.8. The highest BCUT2D eigenvalue weighted by Crippen LogP contribution is 2.32. The number of hydrogen-bond acceptors (Lipinski definition) is 6. The summed E-state index contributed by atoms with van der Waals surface area (Å²) in [5.74, 6) is 0. The molecule has 6 nitrogen and oxygen atoms in total. The van der Waals surface area contributed by atoms with Gasteiger partial charge in [0, 0.05) is 11.8 Å². The lowest BCUT2D eigenvalue weighted by Crippen LogP contribution is -2.27. The van der Waals surface area contributed by atoms with Crippen LogP contribution >= 0.6 is 11.8 Å². The van der Waals surface area contributed by atoms with E-state index in [9.17, 15) is 5.11 Å². The van der Waals surface area contributed by atoms with Gasteiger partial charge in [0.05, 0.1) is 12.6 Å². The van der Waals surface area contributed by atoms with Crippen LogP contribution in [-0.4, -0.2) is 62.2 Å². The number of rotatable bonds is 5. The largest absolute Gasteiger partial charge is 0.392 e. The lowest BCUT2D eigenvalue weighted by molar-refractivity contribution is 0.136. The van der Waals surface area contributed by atoms with Crippen molar-refractivity contribution in [3.8, 4) is 0 Å². The third kappa shape index (κ3) is 3.66. The summed E-state index contributed by atoms with van der Waals surface area (Å²) < 4.78 is 1.83. The van der Waals surface area contributed by atoms with Crippen molar-refractivity contribution in [2.75, 3.05) is 20.6 Å². The minimum Gasteiger partial charge on any atom is -0.392 e. The first-order chi connectivity index (χ1) is 8.66. The zero-order valence-corrected chi connectivity index (χ0v) is 11.8. The molecule has 1 aromatic rings. The van der Waals surface area contributed by atoms with Crippen LogP contribution in [0, 0.1) is 0 Å². The second-order valence-electron chi connectivity index (χ2n) is 5.00. The minimum atomic E-state index is -0.220. The first kappa shape index (κ1) is 13.8. The van der Waals surface area contributed by atoms with Gasteiger partial charge in [-0.3, -0.25) is 0 Å². The molecule has 1 aliphatic rings. The molecule has 0 aromatic carbocycles. The van der Waals surface area contributed by atoms with E-state index in [4.69, 9.17) is 0 Å². The highest BCUT2D eigenvalue weighted by atomic mass is 32.2. The molecule has 0 spiro atoms. The summed E-state index contributed by atoms with van der Waals surface area (Å²) in [6.07, 6.45) is 4.05. The standard InChI is InChI=1S/C11H21N5OS/c1-15(2)7-8-16-11(12-13-14-16)18-10-6-4-3-5-9(10)17/h9-10,17H,3-8H2,1-2H3/t9-,10-/m1/s1. The van der Waals surface area contributed by atoms with Gasteiger partial charge < -0.3 is 10.0 Å². The Hall–Kier alpha value is -0.660. The number of nitrogens with zero attached hydrogens (tertiary/aromatic N) is 5. The summed E-state index contributed by atoms with van der Waals surface area (Å²) in [4.78, 5) is 2.10. The number of likely N-dealkylation sites (N-methyl/N-ethyl adjacent to an activating group) is 1. The van der Waals surface area contributed by atoms with Crippen LogP contribution in [0.2, 0.25) is 0 Å². The lowest BCUT2D eigenvalue weighted by atomic mass is 9.97. The SMILES string of the molecule is CN(C)CCn1nnnc1S[C@@H]1CCCC[C@H]1O. The minimum absolute atomic E-state index is 0.220. The quantitative estimate of drug-likeness (QED) is 0.847. The summed E-state index contributed by atoms with van der Waals surface area (Å²) >= 11 is 1.62. The monoisotopic (exact) mass is 271 g/mol. The normalized spacial score (nSPS) is 24.7. The van der Waals surface area contributed by atoms with E-state index in [0.717, 1.165) is 37.5 Å². The maximum absolute atomic E-state index is 9.97. The summed E-state index contributed by atoms with van der Waals surface area (Å²) in [7, 11) is 4.06. The van der Waals surface area contributed by atoms with Gasteiger partial charge in [-0.15, -0.1) is 5.10 Å². The van der Waals surface area contributed by atoms with E-state index in [0.29, 0.717) is 0 Å². The molecule has 1 aliphatic carbocycles. The van der Waals surface area contributed by atoms with Gasteiger partial charge in [-0.2, -0.15) is 0 Å². The van der Waals surface area contributed by atoms with E-state index in [-0.39, 0.29) is 11.4 Å². The lowest BCUT2D eigenvalue weighted by Gasteiger charge is -2.26. The van der Waals surface area contributed by atoms with Crippen LogP contribution in [0.4, 0.5) is 0 Å². The van der Waals surface area contributed by atoms with Crippen molar-refractivity contribution in [1.29, 1.82) is 0 Å². The van der Waals surface area contributed by atoms with Gasteiger partial charge in [-0.1, -0.05) is 24.6 Å². The van der Waals surface area contributed by atoms with Crippen molar-refractivity contribution >= 4 is 11.8 Å². The van der Waals surface area contributed by atoms with Gasteiger partial charge in [0.15, 0.2) is 0 Å². The van der Waals surface area contributed by atoms with Gasteiger partial charge in [-0.05, 0) is 37.4 Å². The van der Waals surface area contributed by atoms with Crippen LogP contribution in [0.1, 0.15) is 25.7 Å². The fourth-order valence-electron chi connectivity index (χ4n) is 2.07. The smallest absolute Gasteiger partial charge is 0.209 e. The zero-order chi connectivity index (χ0) is 13.0. The highest BCUT2D eigenvalue weighted by Gasteiger charge is 2.26. The molecule has 0 saturated heterocycles. The molecule has 0 bridgehead atoms. The third-order valence-electron chi connectivity index (χ3n) is 3.18. The van der Waals surface area contributed by atoms with E-state index < -0.39 is 0 Å². The molecule has 102 valence electrons. The first-order valence-electron chi connectivity index (χ1n) is 6.42. The van der Waals surface area contributed by atoms with Crippen molar-refractivity contribution in [1.82, 2.24) is 25.1 Å². The van der Waals surface area contributed by atoms with E-state index in [1.165, 1.54) is 6.42 Å². The van der Waals surface area contributed by atoms with Gasteiger partial charge >= 0.3 is 0 Å². The Labute approximate surface area is 112 Å². The van der Waals surface area contributed by atoms with Crippen molar-refractivity contribution in [2.45, 2.75) is 48.7 Å². The average molecular weight is 271 g/mol. The molecule has 0 unspecified atom stereocenters. The molecule has 2 atom stereocenters. The first-order valence-corrected chi connectivity index (χ1v) is 7.30. The van der Waals surface area contributed by atoms with Crippen LogP contribution < -0.4 is 0 Å². The summed E-state index contributed by atoms with van der Waals surface area (Å²) in [5.41, 5.74) is 0. The number of tetrazole rings is 1. The highest BCUT2D eigenvalue weighted by molar-refractivity contribution is 7.99. The molecule has 1 N–H and O–H groups in total. The number of aromatic nitrogens is 4. The third-order valence-corrected chi connectivity index (χ3v) is 4.54. The number of aliphatic hydroxyl groups is 1. The second kappa shape index (κ2) is 6.49. The molecule has 1 fully saturated rings. The Morgan fingerprint density at radius 2 is 2.17 bits per heavy atom.